The molecule has 0 bridgehead atoms. The number of halogens is 3. The number of para-hydroxylation sites is 3. The van der Waals surface area contributed by atoms with E-state index in [1.165, 1.54) is 82.6 Å². The van der Waals surface area contributed by atoms with E-state index in [4.69, 9.17) is 56.9 Å². The summed E-state index contributed by atoms with van der Waals surface area (Å²) in [5.41, 5.74) is 24.3. The molecule has 13 aromatic heterocycles. The molecule has 2 aliphatic heterocycles. The van der Waals surface area contributed by atoms with Gasteiger partial charge in [0.15, 0.2) is 27.8 Å². The third-order valence-electron chi connectivity index (χ3n) is 27.0. The fourth-order valence-electron chi connectivity index (χ4n) is 16.6. The number of carbonyl (C=O) groups is 3. The second-order valence-corrected chi connectivity index (χ2v) is 40.2. The van der Waals surface area contributed by atoms with Gasteiger partial charge in [-0.15, -0.1) is 20.4 Å². The number of imidazole rings is 4. The molecule has 7 fully saturated rings. The summed E-state index contributed by atoms with van der Waals surface area (Å²) in [6.07, 6.45) is 26.9. The van der Waals surface area contributed by atoms with Crippen LogP contribution in [0.4, 0.5) is 17.6 Å². The van der Waals surface area contributed by atoms with E-state index in [1.54, 1.807) is 26.9 Å². The van der Waals surface area contributed by atoms with Crippen LogP contribution in [0, 0.1) is 25.2 Å². The van der Waals surface area contributed by atoms with E-state index in [9.17, 15) is 33.6 Å². The van der Waals surface area contributed by atoms with Crippen molar-refractivity contribution in [1.82, 2.24) is 134 Å². The fourth-order valence-corrected chi connectivity index (χ4v) is 18.8. The predicted octanol–water partition coefficient (Wildman–Crippen LogP) is 10.7. The standard InChI is InChI=1S/C15H20BNO3.C14H17BClNO2.C14H12N6S.C13H19N5O4.C9H10IN5.C9H9IN4O.C9H12N4O2.C9H10N4O/c1-14(2)15(3,4)20-16(19-14)12-9-10-7-6-8-11(18-5)13(10)17-12;1-13(2)14(3,4)19-15(18-13)11-8-9-6-5-7-10(16)12(9)17-11;1-21-14-19-11(12-13(15)16-7-17-20(12)14)10-6-8-4-2-3-5-9(8)18-10;1-22-12(21)8-4-2-7(3-5-8)10(19)15-6-9-11(20)16-13(14)18-17-9;10-7-6-8(11)12-4-13-15(6)9(14-7)5-2-1-3-5;10-7-6-9(15)11-4-12-14(6)8(13-7)5-2-1-3-5;14-8(6-2-1-3-6)10-4-7-9(15)11-5-12-13-7;14-9-7-4-10-8(6-2-1-3-6)13(7)12-5-11-9/h6-9,17H,1-5H3;5-8,17H,1-4H3;2-7,18H,1H3,(H2,15,16,17);7-8H,2-6H2,1H3,(H,15,19)(H3,14,16,18,20);4-5H,1-3H2,(H2,11,12,13);4-5H,1-3H2,(H,11,12,15);5-6H,1-4H2,(H,10,14)(H,11,12,15);4-6H,1-3H2,(H,11,12,14). The number of hydrogen-bond donors (Lipinski definition) is 12. The summed E-state index contributed by atoms with van der Waals surface area (Å²) in [5, 5.41) is 41.2. The van der Waals surface area contributed by atoms with E-state index in [0.29, 0.717) is 71.1 Å². The molecule has 5 saturated carbocycles. The Hall–Kier alpha value is -12.6. The van der Waals surface area contributed by atoms with Crippen LogP contribution in [0.15, 0.2) is 141 Å². The van der Waals surface area contributed by atoms with Crippen molar-refractivity contribution in [2.24, 2.45) is 17.8 Å². The zero-order valence-electron chi connectivity index (χ0n) is 79.4. The van der Waals surface area contributed by atoms with Crippen molar-refractivity contribution in [2.75, 3.05) is 37.7 Å². The van der Waals surface area contributed by atoms with Crippen molar-refractivity contribution < 1.29 is 42.5 Å². The van der Waals surface area contributed by atoms with Crippen LogP contribution < -0.4 is 66.0 Å². The lowest BCUT2D eigenvalue weighted by Crippen LogP contribution is -2.41. The van der Waals surface area contributed by atoms with Gasteiger partial charge in [0, 0.05) is 62.5 Å². The van der Waals surface area contributed by atoms with Crippen LogP contribution in [0.25, 0.3) is 66.2 Å². The molecule has 0 spiro atoms. The third-order valence-corrected chi connectivity index (χ3v) is 29.4. The number of anilines is 3. The van der Waals surface area contributed by atoms with Gasteiger partial charge in [-0.3, -0.25) is 38.5 Å². The van der Waals surface area contributed by atoms with Crippen LogP contribution in [0.2, 0.25) is 5.02 Å². The van der Waals surface area contributed by atoms with Gasteiger partial charge in [0.2, 0.25) is 17.8 Å². The van der Waals surface area contributed by atoms with Gasteiger partial charge in [0.05, 0.1) is 83.6 Å². The molecular weight excluding hydrogens is 2080 g/mol. The Kier molecular flexibility index (Phi) is 31.2. The topological polar surface area (TPSA) is 586 Å². The summed E-state index contributed by atoms with van der Waals surface area (Å²) in [5.74, 6) is 5.58. The maximum absolute atomic E-state index is 12.1. The molecule has 23 rings (SSSR count). The number of nitrogens with two attached hydrogens (primary N) is 3. The van der Waals surface area contributed by atoms with E-state index in [1.807, 2.05) is 99.1 Å². The fraction of sp³-hybridized carbons (Fsp3) is 0.424. The van der Waals surface area contributed by atoms with E-state index >= 15 is 0 Å². The minimum Gasteiger partial charge on any atom is -0.495 e. The van der Waals surface area contributed by atoms with Crippen molar-refractivity contribution >= 4 is 184 Å². The van der Waals surface area contributed by atoms with E-state index in [2.05, 4.69) is 207 Å². The normalized spacial score (nSPS) is 17.7. The maximum atomic E-state index is 12.1. The highest BCUT2D eigenvalue weighted by atomic mass is 127. The van der Waals surface area contributed by atoms with Gasteiger partial charge in [0.25, 0.3) is 22.2 Å². The number of hydrogen-bond acceptors (Lipinski definition) is 31. The van der Waals surface area contributed by atoms with Gasteiger partial charge >= 0.3 is 20.2 Å². The van der Waals surface area contributed by atoms with Crippen LogP contribution in [-0.2, 0) is 50.8 Å². The molecule has 7 aliphatic rings. The number of rotatable bonds is 15. The minimum absolute atomic E-state index is 0.00161. The highest BCUT2D eigenvalue weighted by Crippen LogP contribution is 2.42. The number of H-pyrrole nitrogens is 7. The van der Waals surface area contributed by atoms with Crippen LogP contribution >= 0.6 is 68.5 Å². The van der Waals surface area contributed by atoms with Crippen LogP contribution in [0.1, 0.15) is 205 Å². The van der Waals surface area contributed by atoms with Crippen LogP contribution in [0.3, 0.4) is 0 Å². The first-order valence-electron chi connectivity index (χ1n) is 46.3. The molecule has 0 radical (unpaired) electrons. The number of thioether (sulfide) groups is 1. The predicted molar refractivity (Wildman–Crippen MR) is 550 cm³/mol. The number of nitrogens with one attached hydrogen (secondary N) is 9. The number of esters is 1. The Labute approximate surface area is 843 Å². The number of ether oxygens (including phenoxy) is 2. The Morgan fingerprint density at radius 1 is 0.518 bits per heavy atom. The quantitative estimate of drug-likeness (QED) is 0.0196. The Morgan fingerprint density at radius 3 is 1.57 bits per heavy atom. The Bertz CT molecular complexity index is 7410. The van der Waals surface area contributed by atoms with Gasteiger partial charge in [0.1, 0.15) is 90.4 Å². The molecule has 49 heteroatoms. The first-order chi connectivity index (χ1) is 67.6. The second kappa shape index (κ2) is 43.5. The number of aromatic amines is 7. The van der Waals surface area contributed by atoms with Gasteiger partial charge in [-0.2, -0.15) is 20.4 Å². The average Bonchev–Trinajstić information content (AvgIpc) is 1.63. The monoisotopic (exact) mass is 2180 g/mol. The number of benzene rings is 3. The molecule has 16 aromatic rings. The number of methoxy groups -OCH3 is 2. The molecule has 15 heterocycles. The number of nitrogen functional groups attached to an aromatic ring is 3. The highest BCUT2D eigenvalue weighted by Gasteiger charge is 2.54. The van der Waals surface area contributed by atoms with Crippen LogP contribution in [-0.4, -0.2) is 199 Å². The smallest absolute Gasteiger partial charge is 0.495 e. The van der Waals surface area contributed by atoms with Crippen molar-refractivity contribution in [3.8, 4) is 17.1 Å². The molecular formula is C92H109B2ClI2N30O13S. The summed E-state index contributed by atoms with van der Waals surface area (Å²) in [4.78, 5) is 126. The lowest BCUT2D eigenvalue weighted by Gasteiger charge is -2.32. The second-order valence-electron chi connectivity index (χ2n) is 37.0. The zero-order chi connectivity index (χ0) is 99.9. The SMILES string of the molecule is CC1(C)OB(c2cc3cccc(Cl)c3[nH]2)OC1(C)C.COC(=O)C1CCC(C(=O)NCc2nnc(N)[nH]c2=O)CC1.COc1cccc2cc(B3OC(C)(C)C(C)(C)O3)[nH]c12.CSc1nc(-c2cc3ccccc3[nH]2)c2c(N)ncnn12.Nc1ncnn2c(C3CCC3)nc(I)c12.O=C(NCc1nnc[nH]c1=O)C1CCC1.O=c1[nH]cnn2c(C3CCC3)nc(I)c12.O=c1[nH]cnn2c(C3CCC3)ncc12. The first kappa shape index (κ1) is 101. The van der Waals surface area contributed by atoms with Crippen molar-refractivity contribution in [3.05, 3.63) is 199 Å². The lowest BCUT2D eigenvalue weighted by molar-refractivity contribution is -0.147. The average molecular weight is 2190 g/mol. The lowest BCUT2D eigenvalue weighted by atomic mass is 9.81. The van der Waals surface area contributed by atoms with Gasteiger partial charge in [-0.05, 0) is 220 Å². The summed E-state index contributed by atoms with van der Waals surface area (Å²) < 4.78 is 42.8. The summed E-state index contributed by atoms with van der Waals surface area (Å²) in [6.45, 7) is 16.5. The van der Waals surface area contributed by atoms with E-state index < -0.39 is 5.56 Å². The molecule has 738 valence electrons. The third kappa shape index (κ3) is 22.3. The molecule has 0 atom stereocenters. The van der Waals surface area contributed by atoms with Crippen molar-refractivity contribution in [3.63, 3.8) is 0 Å². The van der Waals surface area contributed by atoms with Crippen molar-refractivity contribution in [1.29, 1.82) is 0 Å². The zero-order valence-corrected chi connectivity index (χ0v) is 85.3. The molecule has 0 unspecified atom stereocenters. The van der Waals surface area contributed by atoms with E-state index in [-0.39, 0.29) is 119 Å². The van der Waals surface area contributed by atoms with Gasteiger partial charge in [-0.25, -0.2) is 48.0 Å². The molecule has 141 heavy (non-hydrogen) atoms. The highest BCUT2D eigenvalue weighted by molar-refractivity contribution is 14.1. The molecule has 15 N–H and O–H groups in total. The largest absolute Gasteiger partial charge is 0.512 e. The minimum atomic E-state index is -0.470. The number of aromatic nitrogens is 25. The summed E-state index contributed by atoms with van der Waals surface area (Å²) in [6, 6.07) is 26.0. The number of amides is 2. The summed E-state index contributed by atoms with van der Waals surface area (Å²) in [7, 11) is 2.28. The molecule has 3 aromatic carbocycles. The Morgan fingerprint density at radius 2 is 1.02 bits per heavy atom. The van der Waals surface area contributed by atoms with Crippen LogP contribution in [0.5, 0.6) is 5.75 Å². The van der Waals surface area contributed by atoms with Crippen molar-refractivity contribution in [2.45, 2.75) is 217 Å². The Balaban J connectivity index is 0.000000117. The number of nitrogens with zero attached hydrogens (tertiary/aromatic N) is 18. The number of fused-ring (bicyclic) bond motifs is 7. The maximum Gasteiger partial charge on any atom is 0.512 e. The van der Waals surface area contributed by atoms with E-state index in [0.717, 1.165) is 147 Å². The molecule has 2 saturated heterocycles. The molecule has 5 aliphatic carbocycles. The van der Waals surface area contributed by atoms with Gasteiger partial charge in [-0.1, -0.05) is 91.5 Å². The van der Waals surface area contributed by atoms with Gasteiger partial charge < -0.3 is 85.8 Å². The molecule has 2 amide bonds. The number of carbonyl (C=O) groups excluding carboxylic acids is 3. The summed E-state index contributed by atoms with van der Waals surface area (Å²) >= 11 is 12.0. The molecule has 43 nitrogen and oxygen atoms in total. The first-order valence-corrected chi connectivity index (χ1v) is 50.0.